The average molecular weight is 411 g/mol. The van der Waals surface area contributed by atoms with Gasteiger partial charge in [0.25, 0.3) is 0 Å². The number of hydrogen-bond acceptors (Lipinski definition) is 6. The number of phenolic OH excluding ortho intramolecular Hbond substituents is 1. The van der Waals surface area contributed by atoms with Crippen molar-refractivity contribution in [2.45, 2.75) is 13.0 Å². The SMILES string of the molecule is COC(=O)Cc1ccc(OCc2cc(OC)c(OC)cc2Br)cc1O. The summed E-state index contributed by atoms with van der Waals surface area (Å²) in [5.41, 5.74) is 1.34. The van der Waals surface area contributed by atoms with Crippen molar-refractivity contribution in [3.8, 4) is 23.0 Å². The summed E-state index contributed by atoms with van der Waals surface area (Å²) >= 11 is 3.47. The number of rotatable bonds is 7. The molecule has 2 aromatic rings. The minimum atomic E-state index is -0.418. The largest absolute Gasteiger partial charge is 0.508 e. The fourth-order valence-electron chi connectivity index (χ4n) is 2.18. The molecule has 2 aromatic carbocycles. The minimum Gasteiger partial charge on any atom is -0.508 e. The summed E-state index contributed by atoms with van der Waals surface area (Å²) in [5.74, 6) is 1.25. The zero-order chi connectivity index (χ0) is 18.4. The van der Waals surface area contributed by atoms with Crippen LogP contribution in [-0.4, -0.2) is 32.4 Å². The highest BCUT2D eigenvalue weighted by Crippen LogP contribution is 2.34. The van der Waals surface area contributed by atoms with Gasteiger partial charge in [-0.1, -0.05) is 22.0 Å². The fourth-order valence-corrected chi connectivity index (χ4v) is 2.62. The van der Waals surface area contributed by atoms with Crippen molar-refractivity contribution in [3.63, 3.8) is 0 Å². The van der Waals surface area contributed by atoms with Gasteiger partial charge in [0.2, 0.25) is 0 Å². The summed E-state index contributed by atoms with van der Waals surface area (Å²) in [6.45, 7) is 0.261. The van der Waals surface area contributed by atoms with E-state index in [-0.39, 0.29) is 18.8 Å². The first kappa shape index (κ1) is 18.9. The van der Waals surface area contributed by atoms with E-state index >= 15 is 0 Å². The van der Waals surface area contributed by atoms with Crippen LogP contribution in [-0.2, 0) is 22.6 Å². The van der Waals surface area contributed by atoms with Crippen LogP contribution in [0.3, 0.4) is 0 Å². The molecule has 0 radical (unpaired) electrons. The Labute approximate surface area is 154 Å². The maximum atomic E-state index is 11.3. The highest BCUT2D eigenvalue weighted by atomic mass is 79.9. The predicted molar refractivity (Wildman–Crippen MR) is 95.4 cm³/mol. The van der Waals surface area contributed by atoms with E-state index in [1.165, 1.54) is 13.2 Å². The lowest BCUT2D eigenvalue weighted by Gasteiger charge is -2.13. The molecule has 0 unspecified atom stereocenters. The van der Waals surface area contributed by atoms with Crippen LogP contribution in [0.2, 0.25) is 0 Å². The van der Waals surface area contributed by atoms with E-state index in [0.29, 0.717) is 22.8 Å². The van der Waals surface area contributed by atoms with Gasteiger partial charge in [-0.25, -0.2) is 0 Å². The Morgan fingerprint density at radius 1 is 1.04 bits per heavy atom. The van der Waals surface area contributed by atoms with Gasteiger partial charge in [-0.15, -0.1) is 0 Å². The lowest BCUT2D eigenvalue weighted by atomic mass is 10.1. The Balaban J connectivity index is 2.11. The third-order valence-corrected chi connectivity index (χ3v) is 4.30. The molecule has 0 saturated carbocycles. The predicted octanol–water partition coefficient (Wildman–Crippen LogP) is 3.47. The molecule has 0 aliphatic rings. The van der Waals surface area contributed by atoms with Crippen LogP contribution in [0.4, 0.5) is 0 Å². The van der Waals surface area contributed by atoms with Gasteiger partial charge in [0.1, 0.15) is 18.1 Å². The Morgan fingerprint density at radius 3 is 2.32 bits per heavy atom. The highest BCUT2D eigenvalue weighted by molar-refractivity contribution is 9.10. The Hall–Kier alpha value is -2.41. The number of esters is 1. The second-order valence-electron chi connectivity index (χ2n) is 5.13. The van der Waals surface area contributed by atoms with Gasteiger partial charge in [0.15, 0.2) is 11.5 Å². The van der Waals surface area contributed by atoms with Gasteiger partial charge < -0.3 is 24.1 Å². The number of hydrogen-bond donors (Lipinski definition) is 1. The van der Waals surface area contributed by atoms with Crippen molar-refractivity contribution in [2.24, 2.45) is 0 Å². The number of ether oxygens (including phenoxy) is 4. The molecule has 0 atom stereocenters. The summed E-state index contributed by atoms with van der Waals surface area (Å²) < 4.78 is 21.6. The third kappa shape index (κ3) is 4.79. The van der Waals surface area contributed by atoms with Crippen LogP contribution in [0.1, 0.15) is 11.1 Å². The van der Waals surface area contributed by atoms with E-state index in [1.54, 1.807) is 32.4 Å². The maximum absolute atomic E-state index is 11.3. The molecule has 1 N–H and O–H groups in total. The molecule has 7 heteroatoms. The summed E-state index contributed by atoms with van der Waals surface area (Å²) in [5, 5.41) is 10.0. The summed E-state index contributed by atoms with van der Waals surface area (Å²) in [6, 6.07) is 8.40. The highest BCUT2D eigenvalue weighted by Gasteiger charge is 2.12. The first-order valence-corrected chi connectivity index (χ1v) is 8.19. The summed E-state index contributed by atoms with van der Waals surface area (Å²) in [6.07, 6.45) is 0.00381. The van der Waals surface area contributed by atoms with E-state index in [9.17, 15) is 9.90 Å². The molecule has 6 nitrogen and oxygen atoms in total. The fraction of sp³-hybridized carbons (Fsp3) is 0.278. The van der Waals surface area contributed by atoms with Gasteiger partial charge >= 0.3 is 5.97 Å². The van der Waals surface area contributed by atoms with Gasteiger partial charge in [-0.2, -0.15) is 0 Å². The Bertz CT molecular complexity index is 759. The molecule has 0 heterocycles. The van der Waals surface area contributed by atoms with Crippen molar-refractivity contribution in [1.29, 1.82) is 0 Å². The number of methoxy groups -OCH3 is 3. The average Bonchev–Trinajstić information content (AvgIpc) is 2.62. The van der Waals surface area contributed by atoms with Gasteiger partial charge in [-0.3, -0.25) is 4.79 Å². The molecule has 0 fully saturated rings. The van der Waals surface area contributed by atoms with E-state index < -0.39 is 5.97 Å². The maximum Gasteiger partial charge on any atom is 0.310 e. The molecule has 134 valence electrons. The smallest absolute Gasteiger partial charge is 0.310 e. The van der Waals surface area contributed by atoms with Crippen LogP contribution in [0.25, 0.3) is 0 Å². The second kappa shape index (κ2) is 8.62. The number of phenols is 1. The van der Waals surface area contributed by atoms with E-state index in [0.717, 1.165) is 10.0 Å². The standard InChI is InChI=1S/C18H19BrO6/c1-22-16-6-12(14(19)9-17(16)23-2)10-25-13-5-4-11(15(20)8-13)7-18(21)24-3/h4-6,8-9,20H,7,10H2,1-3H3. The van der Waals surface area contributed by atoms with Crippen molar-refractivity contribution < 1.29 is 28.8 Å². The van der Waals surface area contributed by atoms with Gasteiger partial charge in [0.05, 0.1) is 27.8 Å². The first-order chi connectivity index (χ1) is 12.0. The second-order valence-corrected chi connectivity index (χ2v) is 5.99. The van der Waals surface area contributed by atoms with Crippen LogP contribution in [0.5, 0.6) is 23.0 Å². The molecular weight excluding hydrogens is 392 g/mol. The van der Waals surface area contributed by atoms with Crippen LogP contribution < -0.4 is 14.2 Å². The van der Waals surface area contributed by atoms with Gasteiger partial charge in [-0.05, 0) is 18.2 Å². The molecule has 25 heavy (non-hydrogen) atoms. The number of aromatic hydroxyl groups is 1. The zero-order valence-electron chi connectivity index (χ0n) is 14.2. The number of benzene rings is 2. The first-order valence-electron chi connectivity index (χ1n) is 7.40. The molecule has 2 rings (SSSR count). The van der Waals surface area contributed by atoms with Gasteiger partial charge in [0, 0.05) is 21.7 Å². The third-order valence-electron chi connectivity index (χ3n) is 3.57. The van der Waals surface area contributed by atoms with E-state index in [4.69, 9.17) is 14.2 Å². The molecule has 0 saturated heterocycles. The number of carbonyl (C=O) groups is 1. The van der Waals surface area contributed by atoms with Crippen LogP contribution in [0.15, 0.2) is 34.8 Å². The van der Waals surface area contributed by atoms with Crippen molar-refractivity contribution in [2.75, 3.05) is 21.3 Å². The minimum absolute atomic E-state index is 0.00381. The van der Waals surface area contributed by atoms with Crippen molar-refractivity contribution in [3.05, 3.63) is 45.9 Å². The van der Waals surface area contributed by atoms with E-state index in [1.807, 2.05) is 6.07 Å². The molecule has 0 amide bonds. The summed E-state index contributed by atoms with van der Waals surface area (Å²) in [7, 11) is 4.44. The molecule has 0 aromatic heterocycles. The Kier molecular flexibility index (Phi) is 6.52. The van der Waals surface area contributed by atoms with Crippen molar-refractivity contribution >= 4 is 21.9 Å². The summed E-state index contributed by atoms with van der Waals surface area (Å²) in [4.78, 5) is 11.3. The lowest BCUT2D eigenvalue weighted by molar-refractivity contribution is -0.139. The lowest BCUT2D eigenvalue weighted by Crippen LogP contribution is -2.05. The van der Waals surface area contributed by atoms with Crippen LogP contribution in [0, 0.1) is 0 Å². The molecule has 0 bridgehead atoms. The normalized spacial score (nSPS) is 10.2. The van der Waals surface area contributed by atoms with E-state index in [2.05, 4.69) is 20.7 Å². The zero-order valence-corrected chi connectivity index (χ0v) is 15.8. The Morgan fingerprint density at radius 2 is 1.72 bits per heavy atom. The number of halogens is 1. The number of carbonyl (C=O) groups excluding carboxylic acids is 1. The van der Waals surface area contributed by atoms with Crippen molar-refractivity contribution in [1.82, 2.24) is 0 Å². The molecule has 0 aliphatic heterocycles. The monoisotopic (exact) mass is 410 g/mol. The molecule has 0 aliphatic carbocycles. The topological polar surface area (TPSA) is 74.2 Å². The quantitative estimate of drug-likeness (QED) is 0.704. The molecule has 0 spiro atoms. The molecular formula is C18H19BrO6. The van der Waals surface area contributed by atoms with Crippen LogP contribution >= 0.6 is 15.9 Å².